The highest BCUT2D eigenvalue weighted by molar-refractivity contribution is 5.79. The van der Waals surface area contributed by atoms with Crippen molar-refractivity contribution in [3.8, 4) is 11.1 Å². The van der Waals surface area contributed by atoms with Crippen molar-refractivity contribution < 1.29 is 24.2 Å². The molecule has 2 aromatic rings. The molecule has 1 saturated carbocycles. The Bertz CT molecular complexity index is 1020. The summed E-state index contributed by atoms with van der Waals surface area (Å²) in [5.74, 6) is -0.829. The molecule has 0 spiro atoms. The number of carbonyl (C=O) groups excluding carboxylic acids is 2. The van der Waals surface area contributed by atoms with Crippen molar-refractivity contribution in [3.05, 3.63) is 59.7 Å². The van der Waals surface area contributed by atoms with E-state index in [9.17, 15) is 14.4 Å². The van der Waals surface area contributed by atoms with Gasteiger partial charge in [0.05, 0.1) is 6.42 Å². The van der Waals surface area contributed by atoms with Gasteiger partial charge in [-0.15, -0.1) is 0 Å². The number of ether oxygens (including phenoxy) is 1. The molecule has 2 aliphatic carbocycles. The first-order chi connectivity index (χ1) is 16.9. The van der Waals surface area contributed by atoms with Crippen LogP contribution in [0.4, 0.5) is 4.79 Å². The molecule has 0 aromatic heterocycles. The van der Waals surface area contributed by atoms with Crippen LogP contribution >= 0.6 is 0 Å². The van der Waals surface area contributed by atoms with E-state index in [1.807, 2.05) is 31.2 Å². The summed E-state index contributed by atoms with van der Waals surface area (Å²) in [5, 5.41) is 14.9. The van der Waals surface area contributed by atoms with Gasteiger partial charge in [-0.05, 0) is 53.9 Å². The molecule has 7 heteroatoms. The molecule has 0 radical (unpaired) electrons. The number of carboxylic acid groups (broad SMARTS) is 1. The van der Waals surface area contributed by atoms with E-state index < -0.39 is 12.1 Å². The maximum Gasteiger partial charge on any atom is 0.407 e. The average molecular weight is 479 g/mol. The van der Waals surface area contributed by atoms with Gasteiger partial charge in [0.25, 0.3) is 0 Å². The molecule has 0 aliphatic heterocycles. The van der Waals surface area contributed by atoms with Crippen LogP contribution in [0.2, 0.25) is 0 Å². The van der Waals surface area contributed by atoms with E-state index in [2.05, 4.69) is 34.9 Å². The van der Waals surface area contributed by atoms with Crippen molar-refractivity contribution in [3.63, 3.8) is 0 Å². The van der Waals surface area contributed by atoms with Crippen molar-refractivity contribution in [1.82, 2.24) is 10.6 Å². The van der Waals surface area contributed by atoms with E-state index in [1.54, 1.807) is 0 Å². The highest BCUT2D eigenvalue weighted by Crippen LogP contribution is 2.44. The second kappa shape index (κ2) is 11.4. The topological polar surface area (TPSA) is 105 Å². The number of carboxylic acids is 1. The first kappa shape index (κ1) is 24.8. The largest absolute Gasteiger partial charge is 0.481 e. The van der Waals surface area contributed by atoms with E-state index in [1.165, 1.54) is 22.3 Å². The Hall–Kier alpha value is -3.35. The van der Waals surface area contributed by atoms with E-state index >= 15 is 0 Å². The minimum absolute atomic E-state index is 0.0195. The van der Waals surface area contributed by atoms with Crippen LogP contribution in [0.25, 0.3) is 11.1 Å². The van der Waals surface area contributed by atoms with Gasteiger partial charge >= 0.3 is 12.1 Å². The highest BCUT2D eigenvalue weighted by Gasteiger charge is 2.31. The molecule has 0 bridgehead atoms. The number of fused-ring (bicyclic) bond motifs is 3. The zero-order valence-electron chi connectivity index (χ0n) is 20.2. The zero-order valence-corrected chi connectivity index (χ0v) is 20.2. The van der Waals surface area contributed by atoms with Gasteiger partial charge in [0.15, 0.2) is 0 Å². The summed E-state index contributed by atoms with van der Waals surface area (Å²) in [5.41, 5.74) is 4.74. The normalized spacial score (nSPS) is 19.5. The number of aliphatic carboxylic acids is 1. The Balaban J connectivity index is 1.24. The number of hydrogen-bond acceptors (Lipinski definition) is 4. The molecule has 3 atom stereocenters. The number of rotatable bonds is 10. The summed E-state index contributed by atoms with van der Waals surface area (Å²) in [6.45, 7) is 2.25. The Labute approximate surface area is 206 Å². The lowest BCUT2D eigenvalue weighted by Gasteiger charge is -2.18. The smallest absolute Gasteiger partial charge is 0.407 e. The molecule has 186 valence electrons. The van der Waals surface area contributed by atoms with Gasteiger partial charge in [-0.25, -0.2) is 4.79 Å². The quantitative estimate of drug-likeness (QED) is 0.453. The lowest BCUT2D eigenvalue weighted by molar-refractivity contribution is -0.137. The fraction of sp³-hybridized carbons (Fsp3) is 0.464. The molecule has 0 heterocycles. The van der Waals surface area contributed by atoms with Gasteiger partial charge in [-0.2, -0.15) is 0 Å². The van der Waals surface area contributed by atoms with Gasteiger partial charge in [0.1, 0.15) is 6.61 Å². The van der Waals surface area contributed by atoms with Crippen molar-refractivity contribution in [2.45, 2.75) is 69.9 Å². The molecule has 2 amide bonds. The SMILES string of the molecule is CCCC(CC(=O)O)NC(=O)CC1CCC(NC(=O)OCC2c3ccccc3-c3ccccc32)C1. The molecule has 0 saturated heterocycles. The monoisotopic (exact) mass is 478 g/mol. The van der Waals surface area contributed by atoms with Crippen LogP contribution in [-0.2, 0) is 14.3 Å². The molecular formula is C28H34N2O5. The van der Waals surface area contributed by atoms with E-state index in [0.717, 1.165) is 25.7 Å². The van der Waals surface area contributed by atoms with Gasteiger partial charge < -0.3 is 20.5 Å². The van der Waals surface area contributed by atoms with Gasteiger partial charge in [-0.1, -0.05) is 61.9 Å². The van der Waals surface area contributed by atoms with Crippen molar-refractivity contribution in [2.75, 3.05) is 6.61 Å². The maximum absolute atomic E-state index is 12.6. The minimum Gasteiger partial charge on any atom is -0.481 e. The average Bonchev–Trinajstić information content (AvgIpc) is 3.39. The molecule has 2 aliphatic rings. The zero-order chi connectivity index (χ0) is 24.8. The molecule has 2 aromatic carbocycles. The third-order valence-electron chi connectivity index (χ3n) is 7.10. The Morgan fingerprint density at radius 1 is 1.03 bits per heavy atom. The van der Waals surface area contributed by atoms with E-state index in [0.29, 0.717) is 12.8 Å². The summed E-state index contributed by atoms with van der Waals surface area (Å²) in [6, 6.07) is 16.1. The second-order valence-electron chi connectivity index (χ2n) is 9.70. The predicted octanol–water partition coefficient (Wildman–Crippen LogP) is 4.84. The van der Waals surface area contributed by atoms with Crippen molar-refractivity contribution in [2.24, 2.45) is 5.92 Å². The molecular weight excluding hydrogens is 444 g/mol. The maximum atomic E-state index is 12.6. The second-order valence-corrected chi connectivity index (χ2v) is 9.70. The van der Waals surface area contributed by atoms with E-state index in [4.69, 9.17) is 9.84 Å². The lowest BCUT2D eigenvalue weighted by atomic mass is 9.98. The van der Waals surface area contributed by atoms with Gasteiger partial charge in [-0.3, -0.25) is 9.59 Å². The number of hydrogen-bond donors (Lipinski definition) is 3. The van der Waals surface area contributed by atoms with Crippen LogP contribution in [0, 0.1) is 5.92 Å². The summed E-state index contributed by atoms with van der Waals surface area (Å²) in [6.07, 6.45) is 3.69. The fourth-order valence-electron chi connectivity index (χ4n) is 5.53. The Morgan fingerprint density at radius 3 is 2.31 bits per heavy atom. The Kier molecular flexibility index (Phi) is 8.06. The van der Waals surface area contributed by atoms with Crippen LogP contribution in [-0.4, -0.2) is 41.8 Å². The Morgan fingerprint density at radius 2 is 1.69 bits per heavy atom. The third-order valence-corrected chi connectivity index (χ3v) is 7.10. The van der Waals surface area contributed by atoms with Gasteiger partial charge in [0.2, 0.25) is 5.91 Å². The van der Waals surface area contributed by atoms with Crippen molar-refractivity contribution in [1.29, 1.82) is 0 Å². The van der Waals surface area contributed by atoms with Crippen LogP contribution in [0.5, 0.6) is 0 Å². The van der Waals surface area contributed by atoms with Crippen LogP contribution < -0.4 is 10.6 Å². The molecule has 3 N–H and O–H groups in total. The molecule has 4 rings (SSSR count). The number of benzene rings is 2. The summed E-state index contributed by atoms with van der Waals surface area (Å²) in [4.78, 5) is 36.0. The number of alkyl carbamates (subject to hydrolysis) is 1. The van der Waals surface area contributed by atoms with Crippen molar-refractivity contribution >= 4 is 18.0 Å². The first-order valence-corrected chi connectivity index (χ1v) is 12.6. The number of carbonyl (C=O) groups is 3. The predicted molar refractivity (Wildman–Crippen MR) is 133 cm³/mol. The highest BCUT2D eigenvalue weighted by atomic mass is 16.5. The van der Waals surface area contributed by atoms with Crippen LogP contribution in [0.1, 0.15) is 68.9 Å². The van der Waals surface area contributed by atoms with Crippen LogP contribution in [0.15, 0.2) is 48.5 Å². The summed E-state index contributed by atoms with van der Waals surface area (Å²) in [7, 11) is 0. The minimum atomic E-state index is -0.906. The summed E-state index contributed by atoms with van der Waals surface area (Å²) < 4.78 is 5.65. The summed E-state index contributed by atoms with van der Waals surface area (Å²) >= 11 is 0. The molecule has 3 unspecified atom stereocenters. The molecule has 35 heavy (non-hydrogen) atoms. The van der Waals surface area contributed by atoms with E-state index in [-0.39, 0.29) is 42.9 Å². The lowest BCUT2D eigenvalue weighted by Crippen LogP contribution is -2.37. The molecule has 7 nitrogen and oxygen atoms in total. The molecule has 1 fully saturated rings. The standard InChI is InChI=1S/C28H34N2O5/c1-2-7-19(16-27(32)33)29-26(31)15-18-12-13-20(14-18)30-28(34)35-17-25-23-10-5-3-8-21(23)22-9-4-6-11-24(22)25/h3-6,8-11,18-20,25H,2,7,12-17H2,1H3,(H,29,31)(H,30,34)(H,32,33). The fourth-order valence-corrected chi connectivity index (χ4v) is 5.53. The number of nitrogens with one attached hydrogen (secondary N) is 2. The van der Waals surface area contributed by atoms with Crippen LogP contribution in [0.3, 0.4) is 0 Å². The first-order valence-electron chi connectivity index (χ1n) is 12.6. The number of amides is 2. The third kappa shape index (κ3) is 6.21. The van der Waals surface area contributed by atoms with Gasteiger partial charge in [0, 0.05) is 24.4 Å².